The Labute approximate surface area is 121 Å². The van der Waals surface area contributed by atoms with Crippen molar-refractivity contribution in [3.8, 4) is 0 Å². The Morgan fingerprint density at radius 2 is 1.95 bits per heavy atom. The first-order chi connectivity index (χ1) is 10.0. The number of hydrogen-bond acceptors (Lipinski definition) is 3. The van der Waals surface area contributed by atoms with E-state index in [4.69, 9.17) is 0 Å². The number of methoxy groups -OCH3 is 1. The molecule has 1 N–H and O–H groups in total. The molecule has 2 aromatic rings. The van der Waals surface area contributed by atoms with Crippen LogP contribution >= 0.6 is 0 Å². The van der Waals surface area contributed by atoms with Gasteiger partial charge in [-0.1, -0.05) is 6.07 Å². The summed E-state index contributed by atoms with van der Waals surface area (Å²) in [6.07, 6.45) is 0. The van der Waals surface area contributed by atoms with Crippen molar-refractivity contribution in [2.45, 2.75) is 13.5 Å². The maximum Gasteiger partial charge on any atom is 0.337 e. The standard InChI is InChI=1S/C16H15F2NO2/c1-10-3-5-13(17)7-12(10)9-19-15-8-11(16(20)21-2)4-6-14(15)18/h3-8,19H,9H2,1-2H3. The zero-order valence-corrected chi connectivity index (χ0v) is 11.7. The molecule has 0 aliphatic heterocycles. The lowest BCUT2D eigenvalue weighted by atomic mass is 10.1. The molecule has 5 heteroatoms. The van der Waals surface area contributed by atoms with Gasteiger partial charge in [0.1, 0.15) is 11.6 Å². The lowest BCUT2D eigenvalue weighted by molar-refractivity contribution is 0.0600. The Bertz CT molecular complexity index is 671. The van der Waals surface area contributed by atoms with Crippen LogP contribution in [0.15, 0.2) is 36.4 Å². The highest BCUT2D eigenvalue weighted by molar-refractivity contribution is 5.90. The molecule has 0 bridgehead atoms. The highest BCUT2D eigenvalue weighted by Crippen LogP contribution is 2.19. The largest absolute Gasteiger partial charge is 0.465 e. The predicted octanol–water partition coefficient (Wildman–Crippen LogP) is 3.67. The van der Waals surface area contributed by atoms with Crippen molar-refractivity contribution in [2.75, 3.05) is 12.4 Å². The molecule has 0 atom stereocenters. The van der Waals surface area contributed by atoms with Gasteiger partial charge in [0.25, 0.3) is 0 Å². The van der Waals surface area contributed by atoms with Gasteiger partial charge in [-0.15, -0.1) is 0 Å². The highest BCUT2D eigenvalue weighted by atomic mass is 19.1. The van der Waals surface area contributed by atoms with Crippen LogP contribution in [-0.2, 0) is 11.3 Å². The summed E-state index contributed by atoms with van der Waals surface area (Å²) in [6.45, 7) is 2.10. The first kappa shape index (κ1) is 15.0. The minimum Gasteiger partial charge on any atom is -0.465 e. The summed E-state index contributed by atoms with van der Waals surface area (Å²) in [5.41, 5.74) is 2.03. The molecule has 0 aromatic heterocycles. The molecule has 110 valence electrons. The van der Waals surface area contributed by atoms with E-state index in [9.17, 15) is 13.6 Å². The fourth-order valence-corrected chi connectivity index (χ4v) is 1.93. The van der Waals surface area contributed by atoms with Gasteiger partial charge in [0.05, 0.1) is 18.4 Å². The third-order valence-electron chi connectivity index (χ3n) is 3.17. The van der Waals surface area contributed by atoms with Crippen molar-refractivity contribution in [3.05, 3.63) is 64.7 Å². The van der Waals surface area contributed by atoms with Gasteiger partial charge in [0.15, 0.2) is 0 Å². The molecular weight excluding hydrogens is 276 g/mol. The monoisotopic (exact) mass is 291 g/mol. The molecule has 0 radical (unpaired) electrons. The molecule has 3 nitrogen and oxygen atoms in total. The minimum atomic E-state index is -0.542. The Hall–Kier alpha value is -2.43. The van der Waals surface area contributed by atoms with Crippen LogP contribution in [0.1, 0.15) is 21.5 Å². The minimum absolute atomic E-state index is 0.168. The zero-order chi connectivity index (χ0) is 15.4. The van der Waals surface area contributed by atoms with Gasteiger partial charge in [-0.2, -0.15) is 0 Å². The number of carbonyl (C=O) groups is 1. The van der Waals surface area contributed by atoms with E-state index >= 15 is 0 Å². The van der Waals surface area contributed by atoms with Crippen molar-refractivity contribution in [3.63, 3.8) is 0 Å². The molecule has 0 saturated heterocycles. The lowest BCUT2D eigenvalue weighted by Crippen LogP contribution is -2.06. The lowest BCUT2D eigenvalue weighted by Gasteiger charge is -2.11. The number of anilines is 1. The fraction of sp³-hybridized carbons (Fsp3) is 0.188. The molecule has 0 fully saturated rings. The van der Waals surface area contributed by atoms with E-state index < -0.39 is 11.8 Å². The Morgan fingerprint density at radius 1 is 1.19 bits per heavy atom. The van der Waals surface area contributed by atoms with Gasteiger partial charge in [-0.25, -0.2) is 13.6 Å². The molecule has 0 amide bonds. The molecule has 0 spiro atoms. The maximum atomic E-state index is 13.7. The van der Waals surface area contributed by atoms with Gasteiger partial charge in [-0.3, -0.25) is 0 Å². The first-order valence-electron chi connectivity index (χ1n) is 6.38. The molecule has 0 heterocycles. The van der Waals surface area contributed by atoms with Gasteiger partial charge in [0.2, 0.25) is 0 Å². The van der Waals surface area contributed by atoms with E-state index in [2.05, 4.69) is 10.1 Å². The number of benzene rings is 2. The molecule has 0 saturated carbocycles. The van der Waals surface area contributed by atoms with Gasteiger partial charge < -0.3 is 10.1 Å². The van der Waals surface area contributed by atoms with Crippen molar-refractivity contribution >= 4 is 11.7 Å². The van der Waals surface area contributed by atoms with Crippen molar-refractivity contribution in [2.24, 2.45) is 0 Å². The smallest absolute Gasteiger partial charge is 0.337 e. The molecule has 2 rings (SSSR count). The van der Waals surface area contributed by atoms with Crippen LogP contribution in [0.2, 0.25) is 0 Å². The summed E-state index contributed by atoms with van der Waals surface area (Å²) in [7, 11) is 1.26. The Balaban J connectivity index is 2.19. The number of carbonyl (C=O) groups excluding carboxylic acids is 1. The van der Waals surface area contributed by atoms with Crippen molar-refractivity contribution < 1.29 is 18.3 Å². The number of aryl methyl sites for hydroxylation is 1. The van der Waals surface area contributed by atoms with Crippen LogP contribution in [0.25, 0.3) is 0 Å². The second kappa shape index (κ2) is 6.35. The Morgan fingerprint density at radius 3 is 2.67 bits per heavy atom. The quantitative estimate of drug-likeness (QED) is 0.873. The van der Waals surface area contributed by atoms with Crippen molar-refractivity contribution in [1.29, 1.82) is 0 Å². The van der Waals surface area contributed by atoms with Gasteiger partial charge in [0, 0.05) is 6.54 Å². The third-order valence-corrected chi connectivity index (χ3v) is 3.17. The van der Waals surface area contributed by atoms with Crippen LogP contribution in [0.5, 0.6) is 0 Å². The number of nitrogens with one attached hydrogen (secondary N) is 1. The number of esters is 1. The normalized spacial score (nSPS) is 10.3. The van der Waals surface area contributed by atoms with Crippen molar-refractivity contribution in [1.82, 2.24) is 0 Å². The van der Waals surface area contributed by atoms with E-state index in [0.717, 1.165) is 11.1 Å². The number of ether oxygens (including phenoxy) is 1. The molecule has 0 aliphatic rings. The summed E-state index contributed by atoms with van der Waals surface area (Å²) < 4.78 is 31.5. The SMILES string of the molecule is COC(=O)c1ccc(F)c(NCc2cc(F)ccc2C)c1. The number of hydrogen-bond donors (Lipinski definition) is 1. The summed E-state index contributed by atoms with van der Waals surface area (Å²) in [5.74, 6) is -1.38. The molecule has 2 aromatic carbocycles. The molecule has 0 unspecified atom stereocenters. The number of halogens is 2. The molecule has 0 aliphatic carbocycles. The van der Waals surface area contributed by atoms with Crippen LogP contribution in [-0.4, -0.2) is 13.1 Å². The first-order valence-corrected chi connectivity index (χ1v) is 6.38. The van der Waals surface area contributed by atoms with E-state index in [1.807, 2.05) is 6.92 Å². The van der Waals surface area contributed by atoms with E-state index in [-0.39, 0.29) is 23.6 Å². The van der Waals surface area contributed by atoms with Gasteiger partial charge in [-0.05, 0) is 48.4 Å². The third kappa shape index (κ3) is 3.56. The van der Waals surface area contributed by atoms with E-state index in [0.29, 0.717) is 0 Å². The van der Waals surface area contributed by atoms with Crippen LogP contribution in [0.4, 0.5) is 14.5 Å². The fourth-order valence-electron chi connectivity index (χ4n) is 1.93. The zero-order valence-electron chi connectivity index (χ0n) is 11.7. The summed E-state index contributed by atoms with van der Waals surface area (Å²) in [4.78, 5) is 11.4. The second-order valence-electron chi connectivity index (χ2n) is 4.61. The highest BCUT2D eigenvalue weighted by Gasteiger charge is 2.10. The topological polar surface area (TPSA) is 38.3 Å². The molecular formula is C16H15F2NO2. The molecule has 21 heavy (non-hydrogen) atoms. The summed E-state index contributed by atoms with van der Waals surface area (Å²) in [5, 5.41) is 2.87. The predicted molar refractivity (Wildman–Crippen MR) is 76.2 cm³/mol. The van der Waals surface area contributed by atoms with Crippen LogP contribution in [0, 0.1) is 18.6 Å². The summed E-state index contributed by atoms with van der Waals surface area (Å²) >= 11 is 0. The summed E-state index contributed by atoms with van der Waals surface area (Å²) in [6, 6.07) is 8.33. The maximum absolute atomic E-state index is 13.7. The van der Waals surface area contributed by atoms with E-state index in [1.54, 1.807) is 6.07 Å². The number of rotatable bonds is 4. The van der Waals surface area contributed by atoms with Crippen LogP contribution in [0.3, 0.4) is 0 Å². The van der Waals surface area contributed by atoms with Gasteiger partial charge >= 0.3 is 5.97 Å². The average molecular weight is 291 g/mol. The second-order valence-corrected chi connectivity index (χ2v) is 4.61. The Kier molecular flexibility index (Phi) is 4.52. The van der Waals surface area contributed by atoms with Crippen LogP contribution < -0.4 is 5.32 Å². The van der Waals surface area contributed by atoms with E-state index in [1.165, 1.54) is 37.4 Å². The average Bonchev–Trinajstić information content (AvgIpc) is 2.48.